The van der Waals surface area contributed by atoms with Crippen LogP contribution in [0.2, 0.25) is 0 Å². The van der Waals surface area contributed by atoms with Gasteiger partial charge in [0.15, 0.2) is 28.8 Å². The molecule has 0 radical (unpaired) electrons. The first-order valence-electron chi connectivity index (χ1n) is 13.8. The Bertz CT molecular complexity index is 1590. The number of rotatable bonds is 8. The average Bonchev–Trinajstić information content (AvgIpc) is 3.00. The van der Waals surface area contributed by atoms with E-state index in [-0.39, 0.29) is 24.0 Å². The number of hydrogen-bond donors (Lipinski definition) is 2. The van der Waals surface area contributed by atoms with Gasteiger partial charge in [-0.3, -0.25) is 9.59 Å². The van der Waals surface area contributed by atoms with Crippen LogP contribution in [-0.2, 0) is 9.59 Å². The van der Waals surface area contributed by atoms with Crippen molar-refractivity contribution in [1.29, 1.82) is 0 Å². The molecule has 0 aromatic heterocycles. The molecule has 1 aliphatic carbocycles. The number of ketones is 1. The van der Waals surface area contributed by atoms with Gasteiger partial charge in [-0.05, 0) is 62.1 Å². The van der Waals surface area contributed by atoms with Crippen LogP contribution in [0.25, 0.3) is 0 Å². The lowest BCUT2D eigenvalue weighted by Crippen LogP contribution is -2.37. The minimum absolute atomic E-state index is 0.0356. The van der Waals surface area contributed by atoms with E-state index in [2.05, 4.69) is 10.6 Å². The van der Waals surface area contributed by atoms with Gasteiger partial charge in [-0.15, -0.1) is 0 Å². The number of aryl methyl sites for hydroxylation is 1. The zero-order chi connectivity index (χ0) is 30.0. The number of dihydropyridines is 1. The Kier molecular flexibility index (Phi) is 8.24. The number of methoxy groups -OCH3 is 4. The zero-order valence-electron chi connectivity index (χ0n) is 24.8. The van der Waals surface area contributed by atoms with Crippen LogP contribution >= 0.6 is 0 Å². The lowest BCUT2D eigenvalue weighted by molar-refractivity contribution is -0.116. The topological polar surface area (TPSA) is 95.1 Å². The van der Waals surface area contributed by atoms with Gasteiger partial charge in [0.1, 0.15) is 0 Å². The first-order valence-corrected chi connectivity index (χ1v) is 13.8. The van der Waals surface area contributed by atoms with Crippen molar-refractivity contribution in [3.63, 3.8) is 0 Å². The Hall–Kier alpha value is -4.72. The summed E-state index contributed by atoms with van der Waals surface area (Å²) in [4.78, 5) is 28.1. The summed E-state index contributed by atoms with van der Waals surface area (Å²) < 4.78 is 22.3. The molecular weight excluding hydrogens is 532 g/mol. The first-order chi connectivity index (χ1) is 20.3. The summed E-state index contributed by atoms with van der Waals surface area (Å²) in [7, 11) is 6.33. The number of nitrogens with one attached hydrogen (secondary N) is 2. The number of ether oxygens (including phenoxy) is 4. The smallest absolute Gasteiger partial charge is 0.254 e. The van der Waals surface area contributed by atoms with Crippen molar-refractivity contribution >= 4 is 17.4 Å². The minimum atomic E-state index is -0.657. The predicted molar refractivity (Wildman–Crippen MR) is 161 cm³/mol. The van der Waals surface area contributed by atoms with E-state index in [1.54, 1.807) is 34.5 Å². The fourth-order valence-corrected chi connectivity index (χ4v) is 5.97. The number of anilines is 1. The van der Waals surface area contributed by atoms with E-state index in [1.165, 1.54) is 0 Å². The second kappa shape index (κ2) is 12.0. The standard InChI is InChI=1S/C34H36N2O6/c1-19-10-13-23(14-11-19)36-34(38)30-20(2)35-25-16-22(21-12-15-27(39-3)29(18-21)41-5)17-26(37)32(25)31(30)24-8-7-9-28(40-4)33(24)42-6/h7-15,18,22,31,35H,16-17H2,1-6H3,(H,36,38)/t22-,31-/m1/s1. The van der Waals surface area contributed by atoms with Crippen LogP contribution in [0.4, 0.5) is 5.69 Å². The number of amides is 1. The van der Waals surface area contributed by atoms with Crippen molar-refractivity contribution in [1.82, 2.24) is 5.32 Å². The summed E-state index contributed by atoms with van der Waals surface area (Å²) in [5, 5.41) is 6.48. The molecule has 0 bridgehead atoms. The number of hydrogen-bond acceptors (Lipinski definition) is 7. The molecule has 1 aliphatic heterocycles. The quantitative estimate of drug-likeness (QED) is 0.343. The van der Waals surface area contributed by atoms with Crippen molar-refractivity contribution < 1.29 is 28.5 Å². The number of carbonyl (C=O) groups excluding carboxylic acids is 2. The van der Waals surface area contributed by atoms with E-state index >= 15 is 0 Å². The van der Waals surface area contributed by atoms with E-state index < -0.39 is 5.92 Å². The summed E-state index contributed by atoms with van der Waals surface area (Å²) in [6.45, 7) is 3.87. The summed E-state index contributed by atoms with van der Waals surface area (Å²) in [5.74, 6) is 1.20. The average molecular weight is 569 g/mol. The maximum Gasteiger partial charge on any atom is 0.254 e. The molecule has 3 aromatic rings. The molecule has 2 N–H and O–H groups in total. The molecule has 8 nitrogen and oxygen atoms in total. The highest BCUT2D eigenvalue weighted by Crippen LogP contribution is 2.49. The molecule has 0 saturated heterocycles. The Morgan fingerprint density at radius 3 is 2.21 bits per heavy atom. The normalized spacial score (nSPS) is 18.2. The number of carbonyl (C=O) groups is 2. The van der Waals surface area contributed by atoms with Gasteiger partial charge in [-0.25, -0.2) is 0 Å². The number of para-hydroxylation sites is 1. The molecule has 2 atom stereocenters. The third kappa shape index (κ3) is 5.32. The molecule has 0 spiro atoms. The molecular formula is C34H36N2O6. The Morgan fingerprint density at radius 2 is 1.55 bits per heavy atom. The van der Waals surface area contributed by atoms with Gasteiger partial charge < -0.3 is 29.6 Å². The molecule has 0 saturated carbocycles. The first kappa shape index (κ1) is 28.8. The summed E-state index contributed by atoms with van der Waals surface area (Å²) >= 11 is 0. The SMILES string of the molecule is COc1ccc([C@H]2CC(=O)C3=C(C2)NC(C)=C(C(=O)Nc2ccc(C)cc2)[C@H]3c2cccc(OC)c2OC)cc1OC. The van der Waals surface area contributed by atoms with Gasteiger partial charge in [0.2, 0.25) is 0 Å². The van der Waals surface area contributed by atoms with Gasteiger partial charge >= 0.3 is 0 Å². The largest absolute Gasteiger partial charge is 0.493 e. The van der Waals surface area contributed by atoms with Crippen LogP contribution in [0.1, 0.15) is 48.3 Å². The van der Waals surface area contributed by atoms with Crippen molar-refractivity contribution in [3.8, 4) is 23.0 Å². The van der Waals surface area contributed by atoms with Crippen LogP contribution in [0.15, 0.2) is 83.2 Å². The second-order valence-corrected chi connectivity index (χ2v) is 10.5. The van der Waals surface area contributed by atoms with Crippen LogP contribution in [0, 0.1) is 6.92 Å². The highest BCUT2D eigenvalue weighted by molar-refractivity contribution is 6.10. The molecule has 8 heteroatoms. The van der Waals surface area contributed by atoms with Crippen molar-refractivity contribution in [2.45, 2.75) is 38.5 Å². The molecule has 3 aromatic carbocycles. The Balaban J connectivity index is 1.60. The maximum atomic E-state index is 14.1. The van der Waals surface area contributed by atoms with E-state index in [0.29, 0.717) is 57.5 Å². The number of Topliss-reactive ketones (excluding diaryl/α,β-unsaturated/α-hetero) is 1. The van der Waals surface area contributed by atoms with Crippen LogP contribution in [0.5, 0.6) is 23.0 Å². The lowest BCUT2D eigenvalue weighted by atomic mass is 9.71. The monoisotopic (exact) mass is 568 g/mol. The van der Waals surface area contributed by atoms with Gasteiger partial charge in [-0.1, -0.05) is 35.9 Å². The molecule has 1 amide bonds. The molecule has 0 fully saturated rings. The van der Waals surface area contributed by atoms with Crippen LogP contribution in [-0.4, -0.2) is 40.1 Å². The second-order valence-electron chi connectivity index (χ2n) is 10.5. The third-order valence-corrected chi connectivity index (χ3v) is 8.01. The lowest BCUT2D eigenvalue weighted by Gasteiger charge is -2.37. The highest BCUT2D eigenvalue weighted by Gasteiger charge is 2.42. The molecule has 1 heterocycles. The highest BCUT2D eigenvalue weighted by atomic mass is 16.5. The van der Waals surface area contributed by atoms with Crippen molar-refractivity contribution in [2.75, 3.05) is 33.8 Å². The number of benzene rings is 3. The maximum absolute atomic E-state index is 14.1. The van der Waals surface area contributed by atoms with Crippen LogP contribution in [0.3, 0.4) is 0 Å². The fraction of sp³-hybridized carbons (Fsp3) is 0.294. The predicted octanol–water partition coefficient (Wildman–Crippen LogP) is 6.03. The van der Waals surface area contributed by atoms with E-state index in [0.717, 1.165) is 16.8 Å². The van der Waals surface area contributed by atoms with Gasteiger partial charge in [0, 0.05) is 40.2 Å². The van der Waals surface area contributed by atoms with Crippen LogP contribution < -0.4 is 29.6 Å². The summed E-state index contributed by atoms with van der Waals surface area (Å²) in [6.07, 6.45) is 0.869. The zero-order valence-corrected chi connectivity index (χ0v) is 24.8. The van der Waals surface area contributed by atoms with Gasteiger partial charge in [-0.2, -0.15) is 0 Å². The summed E-state index contributed by atoms with van der Waals surface area (Å²) in [6, 6.07) is 18.9. The minimum Gasteiger partial charge on any atom is -0.493 e. The molecule has 42 heavy (non-hydrogen) atoms. The Labute approximate surface area is 246 Å². The Morgan fingerprint density at radius 1 is 0.833 bits per heavy atom. The third-order valence-electron chi connectivity index (χ3n) is 8.01. The molecule has 5 rings (SSSR count). The van der Waals surface area contributed by atoms with Gasteiger partial charge in [0.05, 0.1) is 34.4 Å². The molecule has 218 valence electrons. The molecule has 2 aliphatic rings. The summed E-state index contributed by atoms with van der Waals surface area (Å²) in [5.41, 5.74) is 5.93. The van der Waals surface area contributed by atoms with E-state index in [9.17, 15) is 9.59 Å². The number of allylic oxidation sites excluding steroid dienone is 3. The van der Waals surface area contributed by atoms with Crippen molar-refractivity contribution in [2.24, 2.45) is 0 Å². The van der Waals surface area contributed by atoms with Crippen molar-refractivity contribution in [3.05, 3.63) is 99.9 Å². The molecule has 0 unspecified atom stereocenters. The van der Waals surface area contributed by atoms with Gasteiger partial charge in [0.25, 0.3) is 5.91 Å². The fourth-order valence-electron chi connectivity index (χ4n) is 5.97. The van der Waals surface area contributed by atoms with E-state index in [4.69, 9.17) is 18.9 Å². The van der Waals surface area contributed by atoms with E-state index in [1.807, 2.05) is 68.4 Å².